The number of rotatable bonds is 5. The van der Waals surface area contributed by atoms with Gasteiger partial charge in [-0.1, -0.05) is 46.9 Å². The second-order valence-corrected chi connectivity index (χ2v) is 5.84. The second-order valence-electron chi connectivity index (χ2n) is 4.61. The van der Waals surface area contributed by atoms with E-state index >= 15 is 0 Å². The smallest absolute Gasteiger partial charge is 0.224 e. The van der Waals surface area contributed by atoms with E-state index in [4.69, 9.17) is 39.5 Å². The van der Waals surface area contributed by atoms with Crippen LogP contribution in [0, 0.1) is 0 Å². The first-order valence-electron chi connectivity index (χ1n) is 6.57. The molecule has 6 heteroatoms. The molecule has 1 N–H and O–H groups in total. The summed E-state index contributed by atoms with van der Waals surface area (Å²) in [5, 5.41) is 4.07. The summed E-state index contributed by atoms with van der Waals surface area (Å²) in [6.07, 6.45) is 0.849. The topological polar surface area (TPSA) is 38.3 Å². The van der Waals surface area contributed by atoms with Crippen LogP contribution in [-0.4, -0.2) is 13.0 Å². The number of ether oxygens (including phenoxy) is 1. The lowest BCUT2D eigenvalue weighted by Gasteiger charge is -2.09. The van der Waals surface area contributed by atoms with E-state index in [-0.39, 0.29) is 5.91 Å². The molecular formula is C16H14Cl3NO2. The maximum atomic E-state index is 12.0. The van der Waals surface area contributed by atoms with Crippen molar-refractivity contribution in [2.45, 2.75) is 12.8 Å². The Labute approximate surface area is 144 Å². The van der Waals surface area contributed by atoms with Gasteiger partial charge in [0.1, 0.15) is 5.75 Å². The molecular weight excluding hydrogens is 345 g/mol. The average molecular weight is 359 g/mol. The van der Waals surface area contributed by atoms with Gasteiger partial charge in [0.2, 0.25) is 5.91 Å². The Kier molecular flexibility index (Phi) is 5.95. The summed E-state index contributed by atoms with van der Waals surface area (Å²) in [5.74, 6) is 0.444. The Bertz CT molecular complexity index is 669. The zero-order chi connectivity index (χ0) is 16.1. The monoisotopic (exact) mass is 357 g/mol. The molecule has 0 saturated heterocycles. The first kappa shape index (κ1) is 16.9. The molecule has 0 atom stereocenters. The SMILES string of the molecule is COc1ccc(CCC(=O)Nc2c(Cl)cccc2Cl)cc1Cl. The van der Waals surface area contributed by atoms with Crippen LogP contribution in [0.4, 0.5) is 5.69 Å². The van der Waals surface area contributed by atoms with Crippen molar-refractivity contribution in [1.82, 2.24) is 0 Å². The van der Waals surface area contributed by atoms with Gasteiger partial charge in [0.15, 0.2) is 0 Å². The number of para-hydroxylation sites is 1. The van der Waals surface area contributed by atoms with Gasteiger partial charge in [-0.15, -0.1) is 0 Å². The third-order valence-electron chi connectivity index (χ3n) is 3.08. The van der Waals surface area contributed by atoms with E-state index in [0.29, 0.717) is 39.3 Å². The Morgan fingerprint density at radius 1 is 1.09 bits per heavy atom. The highest BCUT2D eigenvalue weighted by molar-refractivity contribution is 6.39. The van der Waals surface area contributed by atoms with Crippen molar-refractivity contribution in [1.29, 1.82) is 0 Å². The van der Waals surface area contributed by atoms with Crippen LogP contribution in [-0.2, 0) is 11.2 Å². The molecule has 0 aromatic heterocycles. The highest BCUT2D eigenvalue weighted by atomic mass is 35.5. The number of halogens is 3. The number of amides is 1. The van der Waals surface area contributed by atoms with Crippen molar-refractivity contribution in [2.24, 2.45) is 0 Å². The third kappa shape index (κ3) is 4.29. The quantitative estimate of drug-likeness (QED) is 0.795. The Balaban J connectivity index is 1.97. The standard InChI is InChI=1S/C16H14Cl3NO2/c1-22-14-7-5-10(9-13(14)19)6-8-15(21)20-16-11(17)3-2-4-12(16)18/h2-5,7,9H,6,8H2,1H3,(H,20,21). The number of carbonyl (C=O) groups excluding carboxylic acids is 1. The van der Waals surface area contributed by atoms with Crippen LogP contribution in [0.25, 0.3) is 0 Å². The maximum Gasteiger partial charge on any atom is 0.224 e. The highest BCUT2D eigenvalue weighted by Gasteiger charge is 2.10. The molecule has 2 aromatic rings. The largest absolute Gasteiger partial charge is 0.495 e. The number of hydrogen-bond donors (Lipinski definition) is 1. The van der Waals surface area contributed by atoms with Crippen molar-refractivity contribution in [3.8, 4) is 5.75 Å². The van der Waals surface area contributed by atoms with E-state index in [1.165, 1.54) is 0 Å². The fraction of sp³-hybridized carbons (Fsp3) is 0.188. The van der Waals surface area contributed by atoms with Crippen LogP contribution >= 0.6 is 34.8 Å². The molecule has 0 saturated carbocycles. The van der Waals surface area contributed by atoms with E-state index in [0.717, 1.165) is 5.56 Å². The molecule has 2 rings (SSSR count). The van der Waals surface area contributed by atoms with Crippen molar-refractivity contribution >= 4 is 46.4 Å². The minimum Gasteiger partial charge on any atom is -0.495 e. The predicted molar refractivity (Wildman–Crippen MR) is 91.4 cm³/mol. The van der Waals surface area contributed by atoms with Crippen molar-refractivity contribution in [3.05, 3.63) is 57.0 Å². The summed E-state index contributed by atoms with van der Waals surface area (Å²) in [7, 11) is 1.56. The summed E-state index contributed by atoms with van der Waals surface area (Å²) in [6.45, 7) is 0. The zero-order valence-electron chi connectivity index (χ0n) is 11.8. The molecule has 0 unspecified atom stereocenters. The van der Waals surface area contributed by atoms with Gasteiger partial charge in [0.05, 0.1) is 27.9 Å². The van der Waals surface area contributed by atoms with E-state index in [1.54, 1.807) is 37.4 Å². The lowest BCUT2D eigenvalue weighted by molar-refractivity contribution is -0.116. The van der Waals surface area contributed by atoms with E-state index in [9.17, 15) is 4.79 Å². The molecule has 0 aliphatic heterocycles. The molecule has 0 bridgehead atoms. The van der Waals surface area contributed by atoms with Gasteiger partial charge in [-0.05, 0) is 36.2 Å². The van der Waals surface area contributed by atoms with Crippen LogP contribution in [0.5, 0.6) is 5.75 Å². The van der Waals surface area contributed by atoms with Gasteiger partial charge in [-0.25, -0.2) is 0 Å². The lowest BCUT2D eigenvalue weighted by atomic mass is 10.1. The molecule has 22 heavy (non-hydrogen) atoms. The van der Waals surface area contributed by atoms with Crippen LogP contribution in [0.15, 0.2) is 36.4 Å². The summed E-state index contributed by atoms with van der Waals surface area (Å²) in [4.78, 5) is 12.0. The summed E-state index contributed by atoms with van der Waals surface area (Å²) in [6, 6.07) is 10.5. The molecule has 0 spiro atoms. The molecule has 1 amide bonds. The van der Waals surface area contributed by atoms with Crippen molar-refractivity contribution < 1.29 is 9.53 Å². The van der Waals surface area contributed by atoms with Crippen molar-refractivity contribution in [3.63, 3.8) is 0 Å². The summed E-state index contributed by atoms with van der Waals surface area (Å²) in [5.41, 5.74) is 1.38. The van der Waals surface area contributed by atoms with Crippen molar-refractivity contribution in [2.75, 3.05) is 12.4 Å². The lowest BCUT2D eigenvalue weighted by Crippen LogP contribution is -2.13. The van der Waals surface area contributed by atoms with Crippen LogP contribution in [0.2, 0.25) is 15.1 Å². The normalized spacial score (nSPS) is 10.4. The number of anilines is 1. The summed E-state index contributed by atoms with van der Waals surface area (Å²) >= 11 is 18.1. The number of methoxy groups -OCH3 is 1. The van der Waals surface area contributed by atoms with Crippen LogP contribution in [0.1, 0.15) is 12.0 Å². The molecule has 0 heterocycles. The van der Waals surface area contributed by atoms with Gasteiger partial charge in [0, 0.05) is 6.42 Å². The maximum absolute atomic E-state index is 12.0. The minimum absolute atomic E-state index is 0.165. The van der Waals surface area contributed by atoms with E-state index < -0.39 is 0 Å². The highest BCUT2D eigenvalue weighted by Crippen LogP contribution is 2.30. The van der Waals surface area contributed by atoms with Gasteiger partial charge >= 0.3 is 0 Å². The fourth-order valence-corrected chi connectivity index (χ4v) is 2.71. The van der Waals surface area contributed by atoms with Gasteiger partial charge in [-0.2, -0.15) is 0 Å². The number of hydrogen-bond acceptors (Lipinski definition) is 2. The molecule has 0 aliphatic carbocycles. The Morgan fingerprint density at radius 3 is 2.36 bits per heavy atom. The summed E-state index contributed by atoms with van der Waals surface area (Å²) < 4.78 is 5.09. The molecule has 116 valence electrons. The second kappa shape index (κ2) is 7.73. The number of carbonyl (C=O) groups is 1. The first-order chi connectivity index (χ1) is 10.5. The predicted octanol–water partition coefficient (Wildman–Crippen LogP) is 5.23. The van der Waals surface area contributed by atoms with Gasteiger partial charge in [0.25, 0.3) is 0 Å². The molecule has 3 nitrogen and oxygen atoms in total. The molecule has 0 aliphatic rings. The zero-order valence-corrected chi connectivity index (χ0v) is 14.1. The van der Waals surface area contributed by atoms with Crippen LogP contribution in [0.3, 0.4) is 0 Å². The fourth-order valence-electron chi connectivity index (χ4n) is 1.94. The van der Waals surface area contributed by atoms with E-state index in [2.05, 4.69) is 5.32 Å². The molecule has 0 fully saturated rings. The van der Waals surface area contributed by atoms with E-state index in [1.807, 2.05) is 6.07 Å². The first-order valence-corrected chi connectivity index (χ1v) is 7.71. The Morgan fingerprint density at radius 2 is 1.77 bits per heavy atom. The molecule has 2 aromatic carbocycles. The third-order valence-corrected chi connectivity index (χ3v) is 4.01. The molecule has 0 radical (unpaired) electrons. The van der Waals surface area contributed by atoms with Gasteiger partial charge < -0.3 is 10.1 Å². The Hall–Kier alpha value is -1.42. The van der Waals surface area contributed by atoms with Gasteiger partial charge in [-0.3, -0.25) is 4.79 Å². The number of benzene rings is 2. The average Bonchev–Trinajstić information content (AvgIpc) is 2.49. The minimum atomic E-state index is -0.165. The number of nitrogens with one attached hydrogen (secondary N) is 1. The number of aryl methyl sites for hydroxylation is 1. The van der Waals surface area contributed by atoms with Crippen LogP contribution < -0.4 is 10.1 Å².